The minimum atomic E-state index is 0.0680. The van der Waals surface area contributed by atoms with Crippen molar-refractivity contribution in [2.75, 3.05) is 25.0 Å². The average Bonchev–Trinajstić information content (AvgIpc) is 2.45. The normalized spacial score (nSPS) is 10.8. The van der Waals surface area contributed by atoms with Crippen molar-refractivity contribution in [1.82, 2.24) is 4.90 Å². The van der Waals surface area contributed by atoms with Crippen molar-refractivity contribution in [3.05, 3.63) is 29.8 Å². The van der Waals surface area contributed by atoms with Crippen LogP contribution in [0.15, 0.2) is 24.3 Å². The van der Waals surface area contributed by atoms with E-state index in [1.807, 2.05) is 12.1 Å². The van der Waals surface area contributed by atoms with Crippen LogP contribution in [-0.2, 0) is 11.3 Å². The van der Waals surface area contributed by atoms with Gasteiger partial charge < -0.3 is 11.1 Å². The standard InChI is InChI=1S/C16H27N3O/c1-3-19(4-2)13-14-8-7-9-15(12-14)18-16(20)10-5-6-11-17/h7-9,12H,3-6,10-11,13,17H2,1-2H3,(H,18,20). The van der Waals surface area contributed by atoms with Gasteiger partial charge in [0.15, 0.2) is 0 Å². The van der Waals surface area contributed by atoms with Crippen LogP contribution in [0.2, 0.25) is 0 Å². The molecule has 4 nitrogen and oxygen atoms in total. The van der Waals surface area contributed by atoms with Crippen molar-refractivity contribution >= 4 is 11.6 Å². The fourth-order valence-electron chi connectivity index (χ4n) is 2.11. The summed E-state index contributed by atoms with van der Waals surface area (Å²) in [6.07, 6.45) is 2.29. The van der Waals surface area contributed by atoms with Gasteiger partial charge in [0.25, 0.3) is 0 Å². The molecule has 0 aliphatic heterocycles. The number of anilines is 1. The van der Waals surface area contributed by atoms with Crippen LogP contribution in [0.4, 0.5) is 5.69 Å². The highest BCUT2D eigenvalue weighted by atomic mass is 16.1. The van der Waals surface area contributed by atoms with E-state index in [0.717, 1.165) is 38.2 Å². The van der Waals surface area contributed by atoms with Crippen LogP contribution in [-0.4, -0.2) is 30.4 Å². The molecule has 0 unspecified atom stereocenters. The van der Waals surface area contributed by atoms with E-state index >= 15 is 0 Å². The second-order valence-electron chi connectivity index (χ2n) is 4.96. The van der Waals surface area contributed by atoms with Gasteiger partial charge in [-0.3, -0.25) is 9.69 Å². The van der Waals surface area contributed by atoms with E-state index < -0.39 is 0 Å². The number of hydrogen-bond donors (Lipinski definition) is 2. The van der Waals surface area contributed by atoms with Crippen molar-refractivity contribution in [2.45, 2.75) is 39.7 Å². The van der Waals surface area contributed by atoms with Crippen molar-refractivity contribution < 1.29 is 4.79 Å². The Morgan fingerprint density at radius 2 is 2.00 bits per heavy atom. The van der Waals surface area contributed by atoms with E-state index in [-0.39, 0.29) is 5.91 Å². The summed E-state index contributed by atoms with van der Waals surface area (Å²) in [6, 6.07) is 8.09. The lowest BCUT2D eigenvalue weighted by atomic mass is 10.1. The van der Waals surface area contributed by atoms with Crippen LogP contribution < -0.4 is 11.1 Å². The van der Waals surface area contributed by atoms with Gasteiger partial charge >= 0.3 is 0 Å². The summed E-state index contributed by atoms with van der Waals surface area (Å²) in [5.41, 5.74) is 7.54. The fourth-order valence-corrected chi connectivity index (χ4v) is 2.11. The molecular weight excluding hydrogens is 250 g/mol. The van der Waals surface area contributed by atoms with Crippen LogP contribution in [0.25, 0.3) is 0 Å². The van der Waals surface area contributed by atoms with Crippen LogP contribution in [0.1, 0.15) is 38.7 Å². The molecule has 0 radical (unpaired) electrons. The summed E-state index contributed by atoms with van der Waals surface area (Å²) in [5.74, 6) is 0.0680. The van der Waals surface area contributed by atoms with Gasteiger partial charge in [0.1, 0.15) is 0 Å². The Kier molecular flexibility index (Phi) is 7.92. The zero-order valence-corrected chi connectivity index (χ0v) is 12.7. The lowest BCUT2D eigenvalue weighted by Crippen LogP contribution is -2.22. The number of unbranched alkanes of at least 4 members (excludes halogenated alkanes) is 1. The molecule has 1 rings (SSSR count). The number of carbonyl (C=O) groups is 1. The molecule has 3 N–H and O–H groups in total. The Bertz CT molecular complexity index is 402. The Labute approximate surface area is 122 Å². The molecule has 0 aliphatic carbocycles. The zero-order valence-electron chi connectivity index (χ0n) is 12.7. The minimum absolute atomic E-state index is 0.0680. The van der Waals surface area contributed by atoms with Crippen molar-refractivity contribution in [1.29, 1.82) is 0 Å². The molecule has 0 saturated heterocycles. The predicted octanol–water partition coefficient (Wildman–Crippen LogP) is 2.60. The predicted molar refractivity (Wildman–Crippen MR) is 84.6 cm³/mol. The maximum absolute atomic E-state index is 11.8. The molecule has 112 valence electrons. The maximum Gasteiger partial charge on any atom is 0.224 e. The number of amides is 1. The minimum Gasteiger partial charge on any atom is -0.330 e. The monoisotopic (exact) mass is 277 g/mol. The topological polar surface area (TPSA) is 58.4 Å². The second-order valence-corrected chi connectivity index (χ2v) is 4.96. The number of hydrogen-bond acceptors (Lipinski definition) is 3. The highest BCUT2D eigenvalue weighted by Gasteiger charge is 2.05. The molecule has 1 aromatic carbocycles. The summed E-state index contributed by atoms with van der Waals surface area (Å²) in [5, 5.41) is 2.95. The molecule has 0 saturated carbocycles. The molecule has 0 heterocycles. The Morgan fingerprint density at radius 3 is 2.65 bits per heavy atom. The van der Waals surface area contributed by atoms with Gasteiger partial charge in [0, 0.05) is 18.7 Å². The molecule has 0 spiro atoms. The largest absolute Gasteiger partial charge is 0.330 e. The zero-order chi connectivity index (χ0) is 14.8. The lowest BCUT2D eigenvalue weighted by molar-refractivity contribution is -0.116. The molecule has 0 bridgehead atoms. The first-order valence-electron chi connectivity index (χ1n) is 7.50. The van der Waals surface area contributed by atoms with Crippen molar-refractivity contribution in [2.24, 2.45) is 5.73 Å². The number of nitrogens with zero attached hydrogens (tertiary/aromatic N) is 1. The smallest absolute Gasteiger partial charge is 0.224 e. The summed E-state index contributed by atoms with van der Waals surface area (Å²) in [4.78, 5) is 14.1. The summed E-state index contributed by atoms with van der Waals surface area (Å²) >= 11 is 0. The molecule has 0 aliphatic rings. The third-order valence-electron chi connectivity index (χ3n) is 3.37. The Balaban J connectivity index is 2.52. The molecule has 1 aromatic rings. The molecule has 20 heavy (non-hydrogen) atoms. The van der Waals surface area contributed by atoms with Gasteiger partial charge in [-0.1, -0.05) is 26.0 Å². The van der Waals surface area contributed by atoms with Crippen LogP contribution >= 0.6 is 0 Å². The average molecular weight is 277 g/mol. The Morgan fingerprint density at radius 1 is 1.25 bits per heavy atom. The van der Waals surface area contributed by atoms with Gasteiger partial charge in [0.05, 0.1) is 0 Å². The van der Waals surface area contributed by atoms with Gasteiger partial charge in [-0.05, 0) is 50.2 Å². The molecule has 0 atom stereocenters. The van der Waals surface area contributed by atoms with Crippen molar-refractivity contribution in [3.8, 4) is 0 Å². The molecule has 0 fully saturated rings. The summed E-state index contributed by atoms with van der Waals surface area (Å²) in [6.45, 7) is 7.95. The van der Waals surface area contributed by atoms with E-state index in [2.05, 4.69) is 36.2 Å². The van der Waals surface area contributed by atoms with E-state index in [1.165, 1.54) is 5.56 Å². The van der Waals surface area contributed by atoms with Gasteiger partial charge in [-0.15, -0.1) is 0 Å². The third-order valence-corrected chi connectivity index (χ3v) is 3.37. The molecular formula is C16H27N3O. The number of nitrogens with one attached hydrogen (secondary N) is 1. The number of benzene rings is 1. The fraction of sp³-hybridized carbons (Fsp3) is 0.562. The van der Waals surface area contributed by atoms with E-state index in [4.69, 9.17) is 5.73 Å². The maximum atomic E-state index is 11.8. The van der Waals surface area contributed by atoms with Crippen molar-refractivity contribution in [3.63, 3.8) is 0 Å². The highest BCUT2D eigenvalue weighted by Crippen LogP contribution is 2.13. The van der Waals surface area contributed by atoms with E-state index in [0.29, 0.717) is 13.0 Å². The van der Waals surface area contributed by atoms with E-state index in [1.54, 1.807) is 0 Å². The molecule has 0 aromatic heterocycles. The van der Waals surface area contributed by atoms with Crippen LogP contribution in [0.5, 0.6) is 0 Å². The first-order valence-corrected chi connectivity index (χ1v) is 7.50. The highest BCUT2D eigenvalue weighted by molar-refractivity contribution is 5.90. The molecule has 1 amide bonds. The first-order chi connectivity index (χ1) is 9.69. The summed E-state index contributed by atoms with van der Waals surface area (Å²) in [7, 11) is 0. The number of nitrogens with two attached hydrogens (primary N) is 1. The Hall–Kier alpha value is -1.39. The number of carbonyl (C=O) groups excluding carboxylic acids is 1. The molecule has 4 heteroatoms. The van der Waals surface area contributed by atoms with Crippen LogP contribution in [0, 0.1) is 0 Å². The lowest BCUT2D eigenvalue weighted by Gasteiger charge is -2.18. The summed E-state index contributed by atoms with van der Waals surface area (Å²) < 4.78 is 0. The quantitative estimate of drug-likeness (QED) is 0.682. The van der Waals surface area contributed by atoms with Crippen LogP contribution in [0.3, 0.4) is 0 Å². The van der Waals surface area contributed by atoms with Gasteiger partial charge in [0.2, 0.25) is 5.91 Å². The van der Waals surface area contributed by atoms with E-state index in [9.17, 15) is 4.79 Å². The second kappa shape index (κ2) is 9.50. The third kappa shape index (κ3) is 6.17. The number of rotatable bonds is 9. The SMILES string of the molecule is CCN(CC)Cc1cccc(NC(=O)CCCCN)c1. The van der Waals surface area contributed by atoms with Gasteiger partial charge in [-0.2, -0.15) is 0 Å². The van der Waals surface area contributed by atoms with Gasteiger partial charge in [-0.25, -0.2) is 0 Å². The first kappa shape index (κ1) is 16.7.